The zero-order chi connectivity index (χ0) is 5.91. The van der Waals surface area contributed by atoms with Gasteiger partial charge in [-0.25, -0.2) is 0 Å². The van der Waals surface area contributed by atoms with Crippen molar-refractivity contribution in [1.82, 2.24) is 0 Å². The first-order chi connectivity index (χ1) is 3.12. The third-order valence-corrected chi connectivity index (χ3v) is 1.63. The summed E-state index contributed by atoms with van der Waals surface area (Å²) in [5, 5.41) is 9.00. The summed E-state index contributed by atoms with van der Waals surface area (Å²) >= 11 is 5.34. The zero-order valence-corrected chi connectivity index (χ0v) is 5.50. The summed E-state index contributed by atoms with van der Waals surface area (Å²) in [5.41, 5.74) is -0.651. The highest BCUT2D eigenvalue weighted by atomic mass is 35.5. The van der Waals surface area contributed by atoms with Crippen molar-refractivity contribution >= 4 is 11.6 Å². The van der Waals surface area contributed by atoms with Crippen molar-refractivity contribution in [2.75, 3.05) is 5.88 Å². The van der Waals surface area contributed by atoms with Crippen LogP contribution in [0.2, 0.25) is 0 Å². The first-order valence-corrected chi connectivity index (χ1v) is 2.94. The smallest absolute Gasteiger partial charge is 0.0751 e. The highest BCUT2D eigenvalue weighted by molar-refractivity contribution is 6.18. The number of halogens is 1. The van der Waals surface area contributed by atoms with Gasteiger partial charge in [-0.15, -0.1) is 11.6 Å². The van der Waals surface area contributed by atoms with Crippen LogP contribution in [0.3, 0.4) is 0 Å². The molecule has 0 aliphatic rings. The van der Waals surface area contributed by atoms with Crippen molar-refractivity contribution in [3.8, 4) is 0 Å². The number of rotatable bonds is 2. The van der Waals surface area contributed by atoms with Crippen LogP contribution in [-0.4, -0.2) is 16.6 Å². The molecule has 0 aromatic carbocycles. The summed E-state index contributed by atoms with van der Waals surface area (Å²) in [5.74, 6) is 0.323. The molecule has 0 heterocycles. The zero-order valence-electron chi connectivity index (χ0n) is 4.74. The van der Waals surface area contributed by atoms with Gasteiger partial charge in [-0.3, -0.25) is 0 Å². The van der Waals surface area contributed by atoms with Gasteiger partial charge in [-0.05, 0) is 13.3 Å². The van der Waals surface area contributed by atoms with Crippen molar-refractivity contribution in [2.24, 2.45) is 0 Å². The fourth-order valence-corrected chi connectivity index (χ4v) is 0.283. The maximum atomic E-state index is 9.00. The molecule has 0 spiro atoms. The van der Waals surface area contributed by atoms with Gasteiger partial charge in [0.1, 0.15) is 0 Å². The van der Waals surface area contributed by atoms with Crippen molar-refractivity contribution in [1.29, 1.82) is 0 Å². The molecule has 0 aromatic heterocycles. The lowest BCUT2D eigenvalue weighted by molar-refractivity contribution is 0.0801. The Kier molecular flexibility index (Phi) is 2.62. The Bertz CT molecular complexity index is 46.0. The van der Waals surface area contributed by atoms with Crippen molar-refractivity contribution in [3.63, 3.8) is 0 Å². The van der Waals surface area contributed by atoms with Crippen LogP contribution in [0, 0.1) is 0 Å². The predicted molar refractivity (Wildman–Crippen MR) is 31.6 cm³/mol. The Morgan fingerprint density at radius 2 is 2.14 bits per heavy atom. The molecule has 0 bridgehead atoms. The Morgan fingerprint density at radius 3 is 2.14 bits per heavy atom. The summed E-state index contributed by atoms with van der Waals surface area (Å²) in [4.78, 5) is 0. The molecule has 0 radical (unpaired) electrons. The van der Waals surface area contributed by atoms with Crippen molar-refractivity contribution in [2.45, 2.75) is 25.9 Å². The molecule has 2 heteroatoms. The van der Waals surface area contributed by atoms with Gasteiger partial charge in [0.15, 0.2) is 0 Å². The number of hydrogen-bond acceptors (Lipinski definition) is 1. The Hall–Kier alpha value is 0.250. The van der Waals surface area contributed by atoms with E-state index in [1.54, 1.807) is 6.92 Å². The molecule has 7 heavy (non-hydrogen) atoms. The van der Waals surface area contributed by atoms with E-state index in [-0.39, 0.29) is 0 Å². The van der Waals surface area contributed by atoms with Crippen molar-refractivity contribution < 1.29 is 5.11 Å². The largest absolute Gasteiger partial charge is 0.389 e. The summed E-state index contributed by atoms with van der Waals surface area (Å²) in [6.45, 7) is 3.63. The third kappa shape index (κ3) is 2.89. The number of alkyl halides is 1. The van der Waals surface area contributed by atoms with E-state index >= 15 is 0 Å². The molecule has 1 nitrogen and oxygen atoms in total. The molecule has 0 fully saturated rings. The van der Waals surface area contributed by atoms with E-state index in [2.05, 4.69) is 0 Å². The Labute approximate surface area is 49.3 Å². The van der Waals surface area contributed by atoms with E-state index in [1.165, 1.54) is 0 Å². The third-order valence-electron chi connectivity index (χ3n) is 1.05. The van der Waals surface area contributed by atoms with Gasteiger partial charge < -0.3 is 5.11 Å². The number of hydrogen-bond donors (Lipinski definition) is 1. The average Bonchev–Trinajstić information content (AvgIpc) is 1.68. The molecular formula is C5H11ClO. The van der Waals surface area contributed by atoms with Gasteiger partial charge in [-0.1, -0.05) is 6.92 Å². The van der Waals surface area contributed by atoms with E-state index in [1.807, 2.05) is 6.92 Å². The van der Waals surface area contributed by atoms with Gasteiger partial charge in [0.2, 0.25) is 0 Å². The summed E-state index contributed by atoms with van der Waals surface area (Å²) in [6.07, 6.45) is 0.719. The predicted octanol–water partition coefficient (Wildman–Crippen LogP) is 1.39. The highest BCUT2D eigenvalue weighted by Gasteiger charge is 2.13. The maximum absolute atomic E-state index is 9.00. The second-order valence-electron chi connectivity index (χ2n) is 1.98. The first kappa shape index (κ1) is 7.25. The molecule has 44 valence electrons. The molecule has 0 aliphatic carbocycles. The number of aliphatic hydroxyl groups is 1. The summed E-state index contributed by atoms with van der Waals surface area (Å²) in [7, 11) is 0. The van der Waals surface area contributed by atoms with E-state index in [0.29, 0.717) is 5.88 Å². The van der Waals surface area contributed by atoms with Crippen LogP contribution in [0.5, 0.6) is 0 Å². The summed E-state index contributed by atoms with van der Waals surface area (Å²) < 4.78 is 0. The van der Waals surface area contributed by atoms with Crippen LogP contribution >= 0.6 is 11.6 Å². The minimum Gasteiger partial charge on any atom is -0.389 e. The fourth-order valence-electron chi connectivity index (χ4n) is 0.0945. The average molecular weight is 123 g/mol. The van der Waals surface area contributed by atoms with Gasteiger partial charge in [0, 0.05) is 0 Å². The molecule has 1 N–H and O–H groups in total. The van der Waals surface area contributed by atoms with Crippen LogP contribution < -0.4 is 0 Å². The van der Waals surface area contributed by atoms with Crippen LogP contribution in [0.25, 0.3) is 0 Å². The lowest BCUT2D eigenvalue weighted by Gasteiger charge is -2.15. The van der Waals surface area contributed by atoms with Gasteiger partial charge in [-0.2, -0.15) is 0 Å². The molecule has 0 rings (SSSR count). The van der Waals surface area contributed by atoms with E-state index in [4.69, 9.17) is 16.7 Å². The van der Waals surface area contributed by atoms with Crippen LogP contribution in [0.15, 0.2) is 0 Å². The Balaban J connectivity index is 3.36. The molecule has 0 saturated carbocycles. The minimum atomic E-state index is -0.651. The lowest BCUT2D eigenvalue weighted by Crippen LogP contribution is -2.24. The molecule has 0 amide bonds. The quantitative estimate of drug-likeness (QED) is 0.549. The minimum absolute atomic E-state index is 0.323. The normalized spacial score (nSPS) is 18.9. The van der Waals surface area contributed by atoms with Crippen LogP contribution in [0.4, 0.5) is 0 Å². The topological polar surface area (TPSA) is 20.2 Å². The highest BCUT2D eigenvalue weighted by Crippen LogP contribution is 2.08. The molecule has 1 atom stereocenters. The van der Waals surface area contributed by atoms with Gasteiger partial charge in [0.05, 0.1) is 11.5 Å². The first-order valence-electron chi connectivity index (χ1n) is 2.41. The maximum Gasteiger partial charge on any atom is 0.0751 e. The molecule has 0 aromatic rings. The van der Waals surface area contributed by atoms with E-state index in [0.717, 1.165) is 6.42 Å². The van der Waals surface area contributed by atoms with Crippen molar-refractivity contribution in [3.05, 3.63) is 0 Å². The monoisotopic (exact) mass is 122 g/mol. The van der Waals surface area contributed by atoms with E-state index in [9.17, 15) is 0 Å². The van der Waals surface area contributed by atoms with E-state index < -0.39 is 5.60 Å². The molecule has 0 saturated heterocycles. The molecular weight excluding hydrogens is 112 g/mol. The van der Waals surface area contributed by atoms with Crippen LogP contribution in [-0.2, 0) is 0 Å². The van der Waals surface area contributed by atoms with Gasteiger partial charge >= 0.3 is 0 Å². The standard InChI is InChI=1S/C5H11ClO/c1-3-5(2,7)4-6/h7H,3-4H2,1-2H3/t5-/m1/s1. The SMILES string of the molecule is CC[C@@](C)(O)CCl. The Morgan fingerprint density at radius 1 is 1.71 bits per heavy atom. The van der Waals surface area contributed by atoms with Gasteiger partial charge in [0.25, 0.3) is 0 Å². The molecule has 0 unspecified atom stereocenters. The second kappa shape index (κ2) is 2.53. The molecule has 0 aliphatic heterocycles. The lowest BCUT2D eigenvalue weighted by atomic mass is 10.1. The second-order valence-corrected chi connectivity index (χ2v) is 2.25. The fraction of sp³-hybridized carbons (Fsp3) is 1.00. The summed E-state index contributed by atoms with van der Waals surface area (Å²) in [6, 6.07) is 0. The van der Waals surface area contributed by atoms with Crippen LogP contribution in [0.1, 0.15) is 20.3 Å².